The number of carbonyl (C=O) groups excluding carboxylic acids is 1. The first-order valence-corrected chi connectivity index (χ1v) is 7.50. The summed E-state index contributed by atoms with van der Waals surface area (Å²) in [5, 5.41) is 6.36. The van der Waals surface area contributed by atoms with E-state index in [2.05, 4.69) is 17.6 Å². The molecule has 1 aliphatic rings. The molecule has 3 nitrogen and oxygen atoms in total. The Bertz CT molecular complexity index is 499. The molecular formula is C16H23ClF2N2O. The number of amides is 1. The quantitative estimate of drug-likeness (QED) is 0.870. The Morgan fingerprint density at radius 1 is 1.36 bits per heavy atom. The van der Waals surface area contributed by atoms with Crippen LogP contribution in [0, 0.1) is 17.6 Å². The Hall–Kier alpha value is -1.20. The molecule has 2 N–H and O–H groups in total. The molecule has 0 spiro atoms. The van der Waals surface area contributed by atoms with Crippen molar-refractivity contribution in [2.24, 2.45) is 5.92 Å². The van der Waals surface area contributed by atoms with Crippen LogP contribution in [0.25, 0.3) is 0 Å². The monoisotopic (exact) mass is 332 g/mol. The number of aryl methyl sites for hydroxylation is 1. The molecule has 1 amide bonds. The zero-order valence-corrected chi connectivity index (χ0v) is 13.5. The van der Waals surface area contributed by atoms with Crippen molar-refractivity contribution >= 4 is 18.3 Å². The first kappa shape index (κ1) is 18.8. The number of benzene rings is 1. The van der Waals surface area contributed by atoms with Gasteiger partial charge in [-0.15, -0.1) is 12.4 Å². The minimum Gasteiger partial charge on any atom is -0.353 e. The minimum atomic E-state index is -0.837. The highest BCUT2D eigenvalue weighted by Crippen LogP contribution is 2.13. The Labute approximate surface area is 136 Å². The van der Waals surface area contributed by atoms with Crippen molar-refractivity contribution in [2.45, 2.75) is 38.6 Å². The van der Waals surface area contributed by atoms with E-state index in [1.165, 1.54) is 6.07 Å². The first-order chi connectivity index (χ1) is 10.1. The smallest absolute Gasteiger partial charge is 0.220 e. The zero-order valence-electron chi connectivity index (χ0n) is 12.7. The minimum absolute atomic E-state index is 0. The summed E-state index contributed by atoms with van der Waals surface area (Å²) in [4.78, 5) is 11.9. The molecule has 1 fully saturated rings. The molecule has 22 heavy (non-hydrogen) atoms. The maximum Gasteiger partial charge on any atom is 0.220 e. The molecule has 0 bridgehead atoms. The van der Waals surface area contributed by atoms with E-state index >= 15 is 0 Å². The van der Waals surface area contributed by atoms with Crippen molar-refractivity contribution in [3.8, 4) is 0 Å². The number of hydrogen-bond acceptors (Lipinski definition) is 2. The van der Waals surface area contributed by atoms with Crippen molar-refractivity contribution in [1.29, 1.82) is 0 Å². The molecule has 0 saturated carbocycles. The molecule has 0 radical (unpaired) electrons. The highest BCUT2D eigenvalue weighted by atomic mass is 35.5. The molecule has 124 valence electrons. The lowest BCUT2D eigenvalue weighted by Gasteiger charge is -2.30. The molecule has 1 heterocycles. The fourth-order valence-electron chi connectivity index (χ4n) is 2.66. The highest BCUT2D eigenvalue weighted by Gasteiger charge is 2.22. The molecule has 0 aliphatic carbocycles. The van der Waals surface area contributed by atoms with Gasteiger partial charge in [0.25, 0.3) is 0 Å². The van der Waals surface area contributed by atoms with Crippen LogP contribution in [0.2, 0.25) is 0 Å². The van der Waals surface area contributed by atoms with Gasteiger partial charge in [0.15, 0.2) is 11.6 Å². The van der Waals surface area contributed by atoms with Crippen LogP contribution in [-0.2, 0) is 11.2 Å². The Morgan fingerprint density at radius 2 is 2.14 bits per heavy atom. The number of piperidine rings is 1. The van der Waals surface area contributed by atoms with E-state index < -0.39 is 11.6 Å². The molecule has 2 rings (SSSR count). The number of carbonyl (C=O) groups is 1. The van der Waals surface area contributed by atoms with E-state index in [1.54, 1.807) is 6.07 Å². The van der Waals surface area contributed by atoms with E-state index in [4.69, 9.17) is 0 Å². The van der Waals surface area contributed by atoms with Crippen LogP contribution in [0.15, 0.2) is 18.2 Å². The molecule has 1 aromatic carbocycles. The third-order valence-corrected chi connectivity index (χ3v) is 3.99. The van der Waals surface area contributed by atoms with Crippen LogP contribution in [0.3, 0.4) is 0 Å². The van der Waals surface area contributed by atoms with Crippen LogP contribution in [0.5, 0.6) is 0 Å². The van der Waals surface area contributed by atoms with Gasteiger partial charge in [0, 0.05) is 12.5 Å². The maximum absolute atomic E-state index is 13.1. The summed E-state index contributed by atoms with van der Waals surface area (Å²) in [6, 6.07) is 4.12. The molecule has 2 unspecified atom stereocenters. The predicted molar refractivity (Wildman–Crippen MR) is 85.1 cm³/mol. The zero-order chi connectivity index (χ0) is 15.2. The van der Waals surface area contributed by atoms with Crippen LogP contribution >= 0.6 is 12.4 Å². The summed E-state index contributed by atoms with van der Waals surface area (Å²) in [6.07, 6.45) is 2.58. The van der Waals surface area contributed by atoms with Gasteiger partial charge in [-0.1, -0.05) is 13.0 Å². The summed E-state index contributed by atoms with van der Waals surface area (Å²) >= 11 is 0. The lowest BCUT2D eigenvalue weighted by atomic mass is 9.95. The van der Waals surface area contributed by atoms with Crippen molar-refractivity contribution in [3.05, 3.63) is 35.4 Å². The van der Waals surface area contributed by atoms with Gasteiger partial charge in [0.2, 0.25) is 5.91 Å². The summed E-state index contributed by atoms with van der Waals surface area (Å²) in [5.74, 6) is -1.19. The molecule has 1 aliphatic heterocycles. The van der Waals surface area contributed by atoms with Gasteiger partial charge < -0.3 is 10.6 Å². The lowest BCUT2D eigenvalue weighted by molar-refractivity contribution is -0.122. The summed E-state index contributed by atoms with van der Waals surface area (Å²) in [7, 11) is 0. The van der Waals surface area contributed by atoms with Crippen LogP contribution < -0.4 is 10.6 Å². The van der Waals surface area contributed by atoms with Crippen LogP contribution in [0.4, 0.5) is 8.78 Å². The van der Waals surface area contributed by atoms with Gasteiger partial charge in [-0.2, -0.15) is 0 Å². The Morgan fingerprint density at radius 3 is 2.82 bits per heavy atom. The number of halogens is 3. The average molecular weight is 333 g/mol. The fourth-order valence-corrected chi connectivity index (χ4v) is 2.66. The van der Waals surface area contributed by atoms with Crippen molar-refractivity contribution in [2.75, 3.05) is 13.1 Å². The van der Waals surface area contributed by atoms with Gasteiger partial charge in [-0.3, -0.25) is 4.79 Å². The predicted octanol–water partition coefficient (Wildman–Crippen LogP) is 2.82. The molecule has 2 atom stereocenters. The van der Waals surface area contributed by atoms with Crippen LogP contribution in [-0.4, -0.2) is 25.0 Å². The fraction of sp³-hybridized carbons (Fsp3) is 0.562. The molecular weight excluding hydrogens is 310 g/mol. The molecule has 6 heteroatoms. The Balaban J connectivity index is 0.00000242. The second-order valence-electron chi connectivity index (χ2n) is 5.75. The van der Waals surface area contributed by atoms with E-state index in [0.717, 1.165) is 31.1 Å². The first-order valence-electron chi connectivity index (χ1n) is 7.50. The topological polar surface area (TPSA) is 41.1 Å². The number of nitrogens with one attached hydrogen (secondary N) is 2. The molecule has 1 aromatic rings. The summed E-state index contributed by atoms with van der Waals surface area (Å²) in [6.45, 7) is 3.99. The van der Waals surface area contributed by atoms with Crippen molar-refractivity contribution in [1.82, 2.24) is 10.6 Å². The van der Waals surface area contributed by atoms with Crippen LogP contribution in [0.1, 0.15) is 31.7 Å². The molecule has 1 saturated heterocycles. The summed E-state index contributed by atoms with van der Waals surface area (Å²) in [5.41, 5.74) is 0.719. The van der Waals surface area contributed by atoms with Gasteiger partial charge in [-0.25, -0.2) is 8.78 Å². The SMILES string of the molecule is CC1CNCCC1NC(=O)CCCc1ccc(F)c(F)c1.Cl. The summed E-state index contributed by atoms with van der Waals surface area (Å²) < 4.78 is 25.9. The third-order valence-electron chi connectivity index (χ3n) is 3.99. The average Bonchev–Trinajstić information content (AvgIpc) is 2.45. The third kappa shape index (κ3) is 5.54. The number of hydrogen-bond donors (Lipinski definition) is 2. The molecule has 0 aromatic heterocycles. The maximum atomic E-state index is 13.1. The standard InChI is InChI=1S/C16H22F2N2O.ClH/c1-11-10-19-8-7-15(11)20-16(21)4-2-3-12-5-6-13(17)14(18)9-12;/h5-6,9,11,15,19H,2-4,7-8,10H2,1H3,(H,20,21);1H. The number of rotatable bonds is 5. The second kappa shape index (κ2) is 9.06. The Kier molecular flexibility index (Phi) is 7.76. The van der Waals surface area contributed by atoms with Gasteiger partial charge in [0.05, 0.1) is 0 Å². The second-order valence-corrected chi connectivity index (χ2v) is 5.75. The van der Waals surface area contributed by atoms with Gasteiger partial charge >= 0.3 is 0 Å². The van der Waals surface area contributed by atoms with E-state index in [0.29, 0.717) is 25.2 Å². The van der Waals surface area contributed by atoms with Crippen molar-refractivity contribution < 1.29 is 13.6 Å². The lowest BCUT2D eigenvalue weighted by Crippen LogP contribution is -2.48. The van der Waals surface area contributed by atoms with E-state index in [-0.39, 0.29) is 24.4 Å². The largest absolute Gasteiger partial charge is 0.353 e. The normalized spacial score (nSPS) is 21.0. The van der Waals surface area contributed by atoms with Gasteiger partial charge in [-0.05, 0) is 56.0 Å². The van der Waals surface area contributed by atoms with E-state index in [9.17, 15) is 13.6 Å². The van der Waals surface area contributed by atoms with E-state index in [1.807, 2.05) is 0 Å². The van der Waals surface area contributed by atoms with Gasteiger partial charge in [0.1, 0.15) is 0 Å². The van der Waals surface area contributed by atoms with Crippen molar-refractivity contribution in [3.63, 3.8) is 0 Å². The highest BCUT2D eigenvalue weighted by molar-refractivity contribution is 5.85.